The molecule has 19 heavy (non-hydrogen) atoms. The summed E-state index contributed by atoms with van der Waals surface area (Å²) in [6.07, 6.45) is 0.841. The Morgan fingerprint density at radius 1 is 1.26 bits per heavy atom. The Balaban J connectivity index is 2.26. The maximum Gasteiger partial charge on any atom is 0.331 e. The molecular weight excluding hydrogens is 244 g/mol. The molecule has 0 spiro atoms. The van der Waals surface area contributed by atoms with Crippen molar-refractivity contribution in [1.82, 2.24) is 9.55 Å². The van der Waals surface area contributed by atoms with E-state index in [-0.39, 0.29) is 17.5 Å². The van der Waals surface area contributed by atoms with Gasteiger partial charge >= 0.3 is 5.69 Å². The fraction of sp³-hybridized carbons (Fsp3) is 0.286. The van der Waals surface area contributed by atoms with E-state index >= 15 is 0 Å². The number of nitrogens with zero attached hydrogens (tertiary/aromatic N) is 1. The van der Waals surface area contributed by atoms with Gasteiger partial charge in [-0.1, -0.05) is 37.3 Å². The van der Waals surface area contributed by atoms with Crippen LogP contribution in [-0.4, -0.2) is 14.7 Å². The average Bonchev–Trinajstić information content (AvgIpc) is 3.06. The molecule has 0 saturated heterocycles. The fourth-order valence-corrected chi connectivity index (χ4v) is 2.37. The number of benzene rings is 1. The first-order valence-electron chi connectivity index (χ1n) is 6.23. The van der Waals surface area contributed by atoms with Crippen LogP contribution < -0.4 is 11.2 Å². The largest absolute Gasteiger partial charge is 0.494 e. The molecule has 0 amide bonds. The summed E-state index contributed by atoms with van der Waals surface area (Å²) in [6, 6.07) is 8.83. The highest BCUT2D eigenvalue weighted by atomic mass is 16.3. The van der Waals surface area contributed by atoms with Crippen LogP contribution in [-0.2, 0) is 0 Å². The molecule has 1 saturated carbocycles. The summed E-state index contributed by atoms with van der Waals surface area (Å²) in [5.74, 6) is 0.104. The zero-order valence-electron chi connectivity index (χ0n) is 10.5. The maximum atomic E-state index is 11.9. The number of rotatable bonds is 2. The minimum Gasteiger partial charge on any atom is -0.494 e. The molecular formula is C14H14N2O3. The third-order valence-corrected chi connectivity index (χ3v) is 3.58. The predicted octanol–water partition coefficient (Wildman–Crippen LogP) is 1.49. The highest BCUT2D eigenvalue weighted by Crippen LogP contribution is 2.44. The normalized spacial score (nSPS) is 21.3. The van der Waals surface area contributed by atoms with Gasteiger partial charge in [0.25, 0.3) is 5.56 Å². The molecule has 1 aliphatic carbocycles. The van der Waals surface area contributed by atoms with Crippen LogP contribution in [0.4, 0.5) is 0 Å². The monoisotopic (exact) mass is 258 g/mol. The number of aromatic hydroxyl groups is 1. The third kappa shape index (κ3) is 1.87. The van der Waals surface area contributed by atoms with Gasteiger partial charge in [0, 0.05) is 6.04 Å². The van der Waals surface area contributed by atoms with Gasteiger partial charge in [0.1, 0.15) is 5.56 Å². The topological polar surface area (TPSA) is 75.1 Å². The van der Waals surface area contributed by atoms with Gasteiger partial charge in [0.05, 0.1) is 0 Å². The molecule has 1 fully saturated rings. The van der Waals surface area contributed by atoms with E-state index in [0.717, 1.165) is 6.42 Å². The standard InChI is InChI=1S/C14H14N2O3/c1-8-7-10(8)16-13(18)11(12(17)15-14(16)19)9-5-3-2-4-6-9/h2-6,8,10,18H,7H2,1H3,(H,15,17,19). The number of aromatic nitrogens is 2. The lowest BCUT2D eigenvalue weighted by molar-refractivity contribution is 0.400. The first-order chi connectivity index (χ1) is 9.09. The summed E-state index contributed by atoms with van der Waals surface area (Å²) in [5.41, 5.74) is -0.350. The summed E-state index contributed by atoms with van der Waals surface area (Å²) in [4.78, 5) is 26.0. The minimum absolute atomic E-state index is 0.0215. The zero-order valence-corrected chi connectivity index (χ0v) is 10.5. The summed E-state index contributed by atoms with van der Waals surface area (Å²) in [5, 5.41) is 10.3. The Morgan fingerprint density at radius 3 is 2.47 bits per heavy atom. The van der Waals surface area contributed by atoms with Crippen molar-refractivity contribution >= 4 is 0 Å². The minimum atomic E-state index is -0.557. The van der Waals surface area contributed by atoms with Crippen LogP contribution in [0.5, 0.6) is 5.88 Å². The van der Waals surface area contributed by atoms with Crippen LogP contribution in [0.3, 0.4) is 0 Å². The van der Waals surface area contributed by atoms with Crippen LogP contribution >= 0.6 is 0 Å². The number of hydrogen-bond acceptors (Lipinski definition) is 3. The molecule has 1 aromatic carbocycles. The van der Waals surface area contributed by atoms with Gasteiger partial charge in [0.2, 0.25) is 5.88 Å². The van der Waals surface area contributed by atoms with Gasteiger partial charge in [-0.05, 0) is 17.9 Å². The molecule has 2 unspecified atom stereocenters. The number of nitrogens with one attached hydrogen (secondary N) is 1. The van der Waals surface area contributed by atoms with E-state index in [1.807, 2.05) is 13.0 Å². The Bertz CT molecular complexity index is 731. The van der Waals surface area contributed by atoms with Gasteiger partial charge in [-0.25, -0.2) is 4.79 Å². The van der Waals surface area contributed by atoms with E-state index in [0.29, 0.717) is 11.5 Å². The van der Waals surface area contributed by atoms with Gasteiger partial charge < -0.3 is 5.11 Å². The van der Waals surface area contributed by atoms with Crippen LogP contribution in [0.1, 0.15) is 19.4 Å². The highest BCUT2D eigenvalue weighted by Gasteiger charge is 2.37. The Hall–Kier alpha value is -2.30. The van der Waals surface area contributed by atoms with Gasteiger partial charge in [-0.2, -0.15) is 0 Å². The van der Waals surface area contributed by atoms with Crippen molar-refractivity contribution in [3.8, 4) is 17.0 Å². The zero-order chi connectivity index (χ0) is 13.6. The average molecular weight is 258 g/mol. The van der Waals surface area contributed by atoms with Crippen molar-refractivity contribution in [1.29, 1.82) is 0 Å². The molecule has 5 nitrogen and oxygen atoms in total. The second kappa shape index (κ2) is 4.12. The first kappa shape index (κ1) is 11.8. The SMILES string of the molecule is CC1CC1n1c(O)c(-c2ccccc2)c(=O)[nH]c1=O. The molecule has 5 heteroatoms. The van der Waals surface area contributed by atoms with Crippen molar-refractivity contribution in [2.45, 2.75) is 19.4 Å². The quantitative estimate of drug-likeness (QED) is 0.857. The number of H-pyrrole nitrogens is 1. The lowest BCUT2D eigenvalue weighted by Crippen LogP contribution is -2.30. The Kier molecular flexibility index (Phi) is 2.55. The van der Waals surface area contributed by atoms with Gasteiger partial charge in [-0.3, -0.25) is 14.3 Å². The van der Waals surface area contributed by atoms with Gasteiger partial charge in [0.15, 0.2) is 0 Å². The lowest BCUT2D eigenvalue weighted by Gasteiger charge is -2.10. The number of hydrogen-bond donors (Lipinski definition) is 2. The molecule has 0 aliphatic heterocycles. The molecule has 2 atom stereocenters. The van der Waals surface area contributed by atoms with E-state index in [2.05, 4.69) is 4.98 Å². The first-order valence-corrected chi connectivity index (χ1v) is 6.23. The predicted molar refractivity (Wildman–Crippen MR) is 71.2 cm³/mol. The molecule has 2 N–H and O–H groups in total. The second-order valence-electron chi connectivity index (χ2n) is 4.97. The fourth-order valence-electron chi connectivity index (χ4n) is 2.37. The molecule has 1 heterocycles. The Morgan fingerprint density at radius 2 is 1.89 bits per heavy atom. The van der Waals surface area contributed by atoms with Crippen LogP contribution in [0, 0.1) is 5.92 Å². The number of aromatic amines is 1. The van der Waals surface area contributed by atoms with E-state index < -0.39 is 11.2 Å². The van der Waals surface area contributed by atoms with E-state index in [4.69, 9.17) is 0 Å². The van der Waals surface area contributed by atoms with Crippen molar-refractivity contribution in [3.63, 3.8) is 0 Å². The smallest absolute Gasteiger partial charge is 0.331 e. The molecule has 0 radical (unpaired) electrons. The van der Waals surface area contributed by atoms with Crippen LogP contribution in [0.2, 0.25) is 0 Å². The van der Waals surface area contributed by atoms with Crippen molar-refractivity contribution in [2.75, 3.05) is 0 Å². The van der Waals surface area contributed by atoms with Crippen LogP contribution in [0.25, 0.3) is 11.1 Å². The molecule has 1 aromatic heterocycles. The van der Waals surface area contributed by atoms with E-state index in [1.165, 1.54) is 4.57 Å². The maximum absolute atomic E-state index is 11.9. The third-order valence-electron chi connectivity index (χ3n) is 3.58. The summed E-state index contributed by atoms with van der Waals surface area (Å²) in [6.45, 7) is 2.00. The molecule has 3 rings (SSSR count). The van der Waals surface area contributed by atoms with Crippen molar-refractivity contribution in [2.24, 2.45) is 5.92 Å². The molecule has 1 aliphatic rings. The van der Waals surface area contributed by atoms with Gasteiger partial charge in [-0.15, -0.1) is 0 Å². The summed E-state index contributed by atoms with van der Waals surface area (Å²) >= 11 is 0. The van der Waals surface area contributed by atoms with Crippen molar-refractivity contribution < 1.29 is 5.11 Å². The summed E-state index contributed by atoms with van der Waals surface area (Å²) < 4.78 is 1.29. The van der Waals surface area contributed by atoms with Crippen molar-refractivity contribution in [3.05, 3.63) is 51.2 Å². The molecule has 98 valence electrons. The highest BCUT2D eigenvalue weighted by molar-refractivity contribution is 5.67. The van der Waals surface area contributed by atoms with E-state index in [1.54, 1.807) is 24.3 Å². The molecule has 2 aromatic rings. The second-order valence-corrected chi connectivity index (χ2v) is 4.97. The molecule has 0 bridgehead atoms. The Labute approximate surface area is 109 Å². The summed E-state index contributed by atoms with van der Waals surface area (Å²) in [7, 11) is 0. The van der Waals surface area contributed by atoms with Crippen LogP contribution in [0.15, 0.2) is 39.9 Å². The lowest BCUT2D eigenvalue weighted by atomic mass is 10.1. The van der Waals surface area contributed by atoms with E-state index in [9.17, 15) is 14.7 Å².